The lowest BCUT2D eigenvalue weighted by Crippen LogP contribution is -2.35. The van der Waals surface area contributed by atoms with Crippen LogP contribution in [0.25, 0.3) is 33.4 Å². The summed E-state index contributed by atoms with van der Waals surface area (Å²) >= 11 is 0. The molecule has 0 radical (unpaired) electrons. The summed E-state index contributed by atoms with van der Waals surface area (Å²) in [5.74, 6) is 0. The van der Waals surface area contributed by atoms with Crippen molar-refractivity contribution in [3.05, 3.63) is 233 Å². The number of para-hydroxylation sites is 1. The molecule has 0 heterocycles. The second-order valence-corrected chi connectivity index (χ2v) is 19.5. The van der Waals surface area contributed by atoms with Gasteiger partial charge in [-0.2, -0.15) is 0 Å². The Kier molecular flexibility index (Phi) is 8.33. The lowest BCUT2D eigenvalue weighted by atomic mass is 9.61. The Balaban J connectivity index is 1.28. The zero-order valence-electron chi connectivity index (χ0n) is 36.3. The van der Waals surface area contributed by atoms with Crippen molar-refractivity contribution in [2.75, 3.05) is 4.90 Å². The van der Waals surface area contributed by atoms with Crippen LogP contribution < -0.4 is 4.90 Å². The molecule has 0 amide bonds. The van der Waals surface area contributed by atoms with Crippen LogP contribution in [0.5, 0.6) is 0 Å². The van der Waals surface area contributed by atoms with Gasteiger partial charge < -0.3 is 4.90 Å². The van der Waals surface area contributed by atoms with Gasteiger partial charge in [-0.3, -0.25) is 0 Å². The third-order valence-corrected chi connectivity index (χ3v) is 14.8. The van der Waals surface area contributed by atoms with E-state index in [9.17, 15) is 0 Å². The number of fused-ring (bicyclic) bond motifs is 7. The average Bonchev–Trinajstić information content (AvgIpc) is 3.71. The first-order valence-corrected chi connectivity index (χ1v) is 22.2. The molecule has 0 aliphatic heterocycles. The van der Waals surface area contributed by atoms with Crippen molar-refractivity contribution in [1.82, 2.24) is 0 Å². The average molecular weight is 788 g/mol. The van der Waals surface area contributed by atoms with Crippen LogP contribution >= 0.6 is 0 Å². The smallest absolute Gasteiger partial charge is 0.0714 e. The molecule has 1 nitrogen and oxygen atoms in total. The summed E-state index contributed by atoms with van der Waals surface area (Å²) in [4.78, 5) is 2.58. The largest absolute Gasteiger partial charge is 0.309 e. The summed E-state index contributed by atoms with van der Waals surface area (Å²) in [6.45, 7) is 14.6. The molecule has 298 valence electrons. The highest BCUT2D eigenvalue weighted by Crippen LogP contribution is 2.62. The molecular weight excluding hydrogens is 735 g/mol. The first kappa shape index (κ1) is 37.6. The predicted molar refractivity (Wildman–Crippen MR) is 257 cm³/mol. The van der Waals surface area contributed by atoms with Gasteiger partial charge >= 0.3 is 0 Å². The lowest BCUT2D eigenvalue weighted by Gasteiger charge is -2.43. The minimum atomic E-state index is -0.540. The van der Waals surface area contributed by atoms with E-state index in [0.717, 1.165) is 24.2 Å². The van der Waals surface area contributed by atoms with Gasteiger partial charge in [-0.25, -0.2) is 0 Å². The highest BCUT2D eigenvalue weighted by atomic mass is 15.1. The van der Waals surface area contributed by atoms with E-state index in [-0.39, 0.29) is 16.2 Å². The fraction of sp³-hybridized carbons (Fsp3) is 0.200. The summed E-state index contributed by atoms with van der Waals surface area (Å²) in [5.41, 5.74) is 21.6. The molecular formula is C60H53N. The Morgan fingerprint density at radius 1 is 0.361 bits per heavy atom. The van der Waals surface area contributed by atoms with Crippen molar-refractivity contribution in [2.45, 2.75) is 76.0 Å². The Morgan fingerprint density at radius 2 is 0.885 bits per heavy atom. The van der Waals surface area contributed by atoms with Crippen molar-refractivity contribution >= 4 is 17.1 Å². The van der Waals surface area contributed by atoms with Crippen LogP contribution in [0.15, 0.2) is 188 Å². The second kappa shape index (κ2) is 13.5. The van der Waals surface area contributed by atoms with E-state index in [1.54, 1.807) is 0 Å². The van der Waals surface area contributed by atoms with E-state index < -0.39 is 5.41 Å². The van der Waals surface area contributed by atoms with Gasteiger partial charge in [0.05, 0.1) is 16.8 Å². The molecule has 0 spiro atoms. The topological polar surface area (TPSA) is 3.24 Å². The maximum Gasteiger partial charge on any atom is 0.0714 e. The number of anilines is 3. The Morgan fingerprint density at radius 3 is 1.56 bits per heavy atom. The zero-order chi connectivity index (χ0) is 41.7. The summed E-state index contributed by atoms with van der Waals surface area (Å²) in [6.07, 6.45) is 2.32. The monoisotopic (exact) mass is 787 g/mol. The molecule has 1 heteroatoms. The van der Waals surface area contributed by atoms with Crippen LogP contribution in [-0.2, 0) is 21.7 Å². The highest BCUT2D eigenvalue weighted by molar-refractivity contribution is 6.00. The fourth-order valence-electron chi connectivity index (χ4n) is 11.5. The molecule has 8 aromatic carbocycles. The summed E-state index contributed by atoms with van der Waals surface area (Å²) < 4.78 is 0. The molecule has 0 N–H and O–H groups in total. The molecule has 0 saturated carbocycles. The van der Waals surface area contributed by atoms with Gasteiger partial charge in [0, 0.05) is 22.2 Å². The van der Waals surface area contributed by atoms with Gasteiger partial charge in [0.1, 0.15) is 0 Å². The van der Waals surface area contributed by atoms with Gasteiger partial charge in [-0.1, -0.05) is 199 Å². The normalized spacial score (nSPS) is 16.8. The van der Waals surface area contributed by atoms with Crippen LogP contribution in [0.3, 0.4) is 0 Å². The third kappa shape index (κ3) is 5.46. The van der Waals surface area contributed by atoms with Gasteiger partial charge in [-0.05, 0) is 121 Å². The van der Waals surface area contributed by atoms with Crippen molar-refractivity contribution in [1.29, 1.82) is 0 Å². The maximum atomic E-state index is 2.64. The van der Waals surface area contributed by atoms with Gasteiger partial charge in [-0.15, -0.1) is 0 Å². The first-order valence-electron chi connectivity index (χ1n) is 22.2. The Bertz CT molecular complexity index is 2950. The van der Waals surface area contributed by atoms with E-state index in [2.05, 4.69) is 234 Å². The standard InChI is InChI=1S/C60H53N/c1-57(2)35-36-58(3,4)53-39-51-47(38-52(53)57)56-50(60(51,41-23-12-8-13-24-41)42-25-14-9-15-26-42)30-20-32-55(56)61(54-31-19-17-27-44(54)40-21-10-7-11-22-40)43-33-34-49-46(37-43)45-28-16-18-29-48(45)59(49,5)6/h7-34,37-39H,35-36H2,1-6H3. The zero-order valence-corrected chi connectivity index (χ0v) is 36.3. The molecule has 0 bridgehead atoms. The van der Waals surface area contributed by atoms with E-state index in [0.29, 0.717) is 0 Å². The van der Waals surface area contributed by atoms with Gasteiger partial charge in [0.25, 0.3) is 0 Å². The van der Waals surface area contributed by atoms with Crippen LogP contribution in [0, 0.1) is 0 Å². The highest BCUT2D eigenvalue weighted by Gasteiger charge is 2.50. The maximum absolute atomic E-state index is 2.64. The molecule has 11 rings (SSSR count). The summed E-state index contributed by atoms with van der Waals surface area (Å²) in [7, 11) is 0. The van der Waals surface area contributed by atoms with E-state index in [1.807, 2.05) is 0 Å². The molecule has 0 fully saturated rings. The Hall–Kier alpha value is -6.44. The second-order valence-electron chi connectivity index (χ2n) is 19.5. The minimum absolute atomic E-state index is 0.0412. The molecule has 3 aliphatic carbocycles. The quantitative estimate of drug-likeness (QED) is 0.162. The SMILES string of the molecule is CC1(C)CCC(C)(C)c2cc3c(cc21)-c1c(N(c2ccc4c(c2)-c2ccccc2C4(C)C)c2ccccc2-c2ccccc2)cccc1C3(c1ccccc1)c1ccccc1. The van der Waals surface area contributed by atoms with Crippen LogP contribution in [0.1, 0.15) is 98.9 Å². The van der Waals surface area contributed by atoms with Crippen molar-refractivity contribution in [2.24, 2.45) is 0 Å². The molecule has 0 saturated heterocycles. The predicted octanol–water partition coefficient (Wildman–Crippen LogP) is 15.8. The van der Waals surface area contributed by atoms with Crippen LogP contribution in [0.4, 0.5) is 17.1 Å². The number of hydrogen-bond acceptors (Lipinski definition) is 1. The molecule has 3 aliphatic rings. The number of hydrogen-bond donors (Lipinski definition) is 0. The number of nitrogens with zero attached hydrogens (tertiary/aromatic N) is 1. The lowest BCUT2D eigenvalue weighted by molar-refractivity contribution is 0.331. The van der Waals surface area contributed by atoms with Crippen molar-refractivity contribution in [3.63, 3.8) is 0 Å². The fourth-order valence-corrected chi connectivity index (χ4v) is 11.5. The molecule has 0 unspecified atom stereocenters. The summed E-state index contributed by atoms with van der Waals surface area (Å²) in [5, 5.41) is 0. The van der Waals surface area contributed by atoms with E-state index in [1.165, 1.54) is 83.6 Å². The van der Waals surface area contributed by atoms with Crippen LogP contribution in [-0.4, -0.2) is 0 Å². The number of benzene rings is 8. The van der Waals surface area contributed by atoms with Crippen molar-refractivity contribution < 1.29 is 0 Å². The third-order valence-electron chi connectivity index (χ3n) is 14.8. The molecule has 0 atom stereocenters. The van der Waals surface area contributed by atoms with Crippen molar-refractivity contribution in [3.8, 4) is 33.4 Å². The van der Waals surface area contributed by atoms with E-state index in [4.69, 9.17) is 0 Å². The number of rotatable bonds is 6. The van der Waals surface area contributed by atoms with Gasteiger partial charge in [0.2, 0.25) is 0 Å². The minimum Gasteiger partial charge on any atom is -0.309 e. The van der Waals surface area contributed by atoms with E-state index >= 15 is 0 Å². The van der Waals surface area contributed by atoms with Crippen LogP contribution in [0.2, 0.25) is 0 Å². The van der Waals surface area contributed by atoms with Gasteiger partial charge in [0.15, 0.2) is 0 Å². The first-order chi connectivity index (χ1) is 29.5. The summed E-state index contributed by atoms with van der Waals surface area (Å²) in [6, 6.07) is 71.2. The molecule has 0 aromatic heterocycles. The molecule has 61 heavy (non-hydrogen) atoms. The Labute approximate surface area is 362 Å². The molecule has 8 aromatic rings.